The van der Waals surface area contributed by atoms with Crippen LogP contribution in [0.3, 0.4) is 0 Å². The summed E-state index contributed by atoms with van der Waals surface area (Å²) in [6.45, 7) is 6.07. The van der Waals surface area contributed by atoms with Crippen molar-refractivity contribution in [3.05, 3.63) is 18.6 Å². The van der Waals surface area contributed by atoms with Crippen molar-refractivity contribution in [2.24, 2.45) is 11.7 Å². The van der Waals surface area contributed by atoms with E-state index in [-0.39, 0.29) is 0 Å². The first kappa shape index (κ1) is 12.8. The molecule has 0 radical (unpaired) electrons. The fraction of sp³-hybridized carbons (Fsp3) is 0.545. The van der Waals surface area contributed by atoms with Crippen LogP contribution in [0, 0.1) is 5.92 Å². The fourth-order valence-electron chi connectivity index (χ4n) is 1.44. The number of anilines is 1. The predicted octanol–water partition coefficient (Wildman–Crippen LogP) is 1.62. The van der Waals surface area contributed by atoms with Gasteiger partial charge in [-0.3, -0.25) is 4.98 Å². The van der Waals surface area contributed by atoms with Crippen molar-refractivity contribution >= 4 is 23.0 Å². The lowest BCUT2D eigenvalue weighted by molar-refractivity contribution is 0.608. The highest BCUT2D eigenvalue weighted by atomic mass is 32.1. The highest BCUT2D eigenvalue weighted by Gasteiger charge is 2.09. The Morgan fingerprint density at radius 1 is 1.50 bits per heavy atom. The normalized spacial score (nSPS) is 10.4. The molecule has 0 fully saturated rings. The average Bonchev–Trinajstić information content (AvgIpc) is 2.25. The lowest BCUT2D eigenvalue weighted by Gasteiger charge is -2.24. The molecule has 2 N–H and O–H groups in total. The summed E-state index contributed by atoms with van der Waals surface area (Å²) in [5.74, 6) is 1.45. The van der Waals surface area contributed by atoms with Gasteiger partial charge in [-0.15, -0.1) is 0 Å². The molecule has 0 atom stereocenters. The highest BCUT2D eigenvalue weighted by Crippen LogP contribution is 2.11. The number of nitrogens with two attached hydrogens (primary N) is 1. The Bertz CT molecular complexity index is 326. The molecule has 0 saturated heterocycles. The van der Waals surface area contributed by atoms with E-state index in [0.29, 0.717) is 17.3 Å². The van der Waals surface area contributed by atoms with E-state index in [2.05, 4.69) is 28.7 Å². The quantitative estimate of drug-likeness (QED) is 0.763. The van der Waals surface area contributed by atoms with Crippen LogP contribution in [-0.2, 0) is 0 Å². The molecule has 88 valence electrons. The van der Waals surface area contributed by atoms with E-state index < -0.39 is 0 Å². The molecule has 0 saturated carbocycles. The first-order valence-electron chi connectivity index (χ1n) is 5.39. The number of thiocarbonyl (C=S) groups is 1. The monoisotopic (exact) mass is 238 g/mol. The maximum atomic E-state index is 5.52. The van der Waals surface area contributed by atoms with E-state index >= 15 is 0 Å². The number of aromatic nitrogens is 2. The Hall–Kier alpha value is -1.23. The summed E-state index contributed by atoms with van der Waals surface area (Å²) in [6, 6.07) is 0. The van der Waals surface area contributed by atoms with Gasteiger partial charge >= 0.3 is 0 Å². The van der Waals surface area contributed by atoms with Crippen molar-refractivity contribution in [3.8, 4) is 0 Å². The van der Waals surface area contributed by atoms with E-state index in [4.69, 9.17) is 18.0 Å². The minimum Gasteiger partial charge on any atom is -0.393 e. The molecule has 0 amide bonds. The summed E-state index contributed by atoms with van der Waals surface area (Å²) in [6.07, 6.45) is 5.84. The zero-order valence-electron chi connectivity index (χ0n) is 9.76. The maximum Gasteiger partial charge on any atom is 0.147 e. The summed E-state index contributed by atoms with van der Waals surface area (Å²) in [5.41, 5.74) is 5.52. The summed E-state index contributed by atoms with van der Waals surface area (Å²) in [4.78, 5) is 11.1. The van der Waals surface area contributed by atoms with E-state index in [1.807, 2.05) is 0 Å². The second-order valence-corrected chi connectivity index (χ2v) is 4.64. The Morgan fingerprint density at radius 2 is 2.25 bits per heavy atom. The van der Waals surface area contributed by atoms with Gasteiger partial charge in [-0.2, -0.15) is 0 Å². The molecular formula is C11H18N4S. The first-order valence-corrected chi connectivity index (χ1v) is 5.79. The molecular weight excluding hydrogens is 220 g/mol. The van der Waals surface area contributed by atoms with Crippen molar-refractivity contribution < 1.29 is 0 Å². The van der Waals surface area contributed by atoms with Gasteiger partial charge in [0.2, 0.25) is 0 Å². The lowest BCUT2D eigenvalue weighted by atomic mass is 10.2. The van der Waals surface area contributed by atoms with Crippen LogP contribution in [0.4, 0.5) is 5.82 Å². The molecule has 0 unspecified atom stereocenters. The van der Waals surface area contributed by atoms with Gasteiger partial charge in [0.1, 0.15) is 5.82 Å². The Kier molecular flexibility index (Phi) is 5.11. The van der Waals surface area contributed by atoms with Crippen molar-refractivity contribution in [1.82, 2.24) is 9.97 Å². The molecule has 5 heteroatoms. The van der Waals surface area contributed by atoms with Crippen LogP contribution < -0.4 is 10.6 Å². The van der Waals surface area contributed by atoms with Gasteiger partial charge in [-0.1, -0.05) is 26.1 Å². The molecule has 1 rings (SSSR count). The maximum absolute atomic E-state index is 5.52. The molecule has 0 aromatic carbocycles. The SMILES string of the molecule is CC(C)CN(CCC(N)=S)c1cnccn1. The minimum absolute atomic E-state index is 0.539. The Labute approximate surface area is 102 Å². The van der Waals surface area contributed by atoms with Crippen LogP contribution in [0.2, 0.25) is 0 Å². The molecule has 16 heavy (non-hydrogen) atoms. The van der Waals surface area contributed by atoms with Gasteiger partial charge in [-0.25, -0.2) is 4.98 Å². The third-order valence-electron chi connectivity index (χ3n) is 2.09. The first-order chi connectivity index (χ1) is 7.59. The van der Waals surface area contributed by atoms with Crippen molar-refractivity contribution in [3.63, 3.8) is 0 Å². The van der Waals surface area contributed by atoms with Crippen LogP contribution in [-0.4, -0.2) is 28.0 Å². The molecule has 1 aromatic heterocycles. The van der Waals surface area contributed by atoms with Gasteiger partial charge < -0.3 is 10.6 Å². The Balaban J connectivity index is 2.67. The topological polar surface area (TPSA) is 55.0 Å². The van der Waals surface area contributed by atoms with Crippen LogP contribution in [0.25, 0.3) is 0 Å². The summed E-state index contributed by atoms with van der Waals surface area (Å²) in [7, 11) is 0. The summed E-state index contributed by atoms with van der Waals surface area (Å²) >= 11 is 4.89. The zero-order chi connectivity index (χ0) is 12.0. The van der Waals surface area contributed by atoms with Gasteiger partial charge in [0.25, 0.3) is 0 Å². The third-order valence-corrected chi connectivity index (χ3v) is 2.29. The van der Waals surface area contributed by atoms with Gasteiger partial charge in [-0.05, 0) is 5.92 Å². The van der Waals surface area contributed by atoms with Crippen LogP contribution in [0.5, 0.6) is 0 Å². The number of rotatable bonds is 6. The number of hydrogen-bond acceptors (Lipinski definition) is 4. The van der Waals surface area contributed by atoms with Gasteiger partial charge in [0, 0.05) is 31.9 Å². The molecule has 0 aliphatic heterocycles. The fourth-order valence-corrected chi connectivity index (χ4v) is 1.53. The molecule has 0 bridgehead atoms. The molecule has 0 aliphatic rings. The van der Waals surface area contributed by atoms with E-state index in [9.17, 15) is 0 Å². The average molecular weight is 238 g/mol. The van der Waals surface area contributed by atoms with E-state index in [0.717, 1.165) is 18.9 Å². The van der Waals surface area contributed by atoms with Crippen LogP contribution >= 0.6 is 12.2 Å². The smallest absolute Gasteiger partial charge is 0.147 e. The number of hydrogen-bond donors (Lipinski definition) is 1. The second kappa shape index (κ2) is 6.37. The van der Waals surface area contributed by atoms with Crippen molar-refractivity contribution in [1.29, 1.82) is 0 Å². The van der Waals surface area contributed by atoms with Gasteiger partial charge in [0.15, 0.2) is 0 Å². The molecule has 1 heterocycles. The van der Waals surface area contributed by atoms with E-state index in [1.165, 1.54) is 0 Å². The second-order valence-electron chi connectivity index (χ2n) is 4.12. The van der Waals surface area contributed by atoms with Crippen molar-refractivity contribution in [2.75, 3.05) is 18.0 Å². The molecule has 4 nitrogen and oxygen atoms in total. The summed E-state index contributed by atoms with van der Waals surface area (Å²) < 4.78 is 0. The third kappa shape index (κ3) is 4.53. The number of nitrogens with zero attached hydrogens (tertiary/aromatic N) is 3. The summed E-state index contributed by atoms with van der Waals surface area (Å²) in [5, 5.41) is 0. The van der Waals surface area contributed by atoms with Gasteiger partial charge in [0.05, 0.1) is 11.2 Å². The van der Waals surface area contributed by atoms with Crippen LogP contribution in [0.1, 0.15) is 20.3 Å². The lowest BCUT2D eigenvalue weighted by Crippen LogP contribution is -2.31. The van der Waals surface area contributed by atoms with Crippen molar-refractivity contribution in [2.45, 2.75) is 20.3 Å². The zero-order valence-corrected chi connectivity index (χ0v) is 10.6. The minimum atomic E-state index is 0.539. The highest BCUT2D eigenvalue weighted by molar-refractivity contribution is 7.80. The van der Waals surface area contributed by atoms with Crippen LogP contribution in [0.15, 0.2) is 18.6 Å². The Morgan fingerprint density at radius 3 is 2.75 bits per heavy atom. The molecule has 0 aliphatic carbocycles. The molecule has 1 aromatic rings. The molecule has 0 spiro atoms. The standard InChI is InChI=1S/C11H18N4S/c1-9(2)8-15(6-3-10(12)16)11-7-13-4-5-14-11/h4-5,7,9H,3,6,8H2,1-2H3,(H2,12,16). The largest absolute Gasteiger partial charge is 0.393 e. The van der Waals surface area contributed by atoms with E-state index in [1.54, 1.807) is 18.6 Å². The predicted molar refractivity (Wildman–Crippen MR) is 70.5 cm³/mol.